The van der Waals surface area contributed by atoms with Crippen LogP contribution >= 0.6 is 0 Å². The lowest BCUT2D eigenvalue weighted by Crippen LogP contribution is -2.38. The number of fused-ring (bicyclic) bond motifs is 1. The summed E-state index contributed by atoms with van der Waals surface area (Å²) in [5.41, 5.74) is 3.36. The second kappa shape index (κ2) is 9.22. The lowest BCUT2D eigenvalue weighted by atomic mass is 9.99. The molecule has 1 aliphatic rings. The van der Waals surface area contributed by atoms with E-state index >= 15 is 0 Å². The van der Waals surface area contributed by atoms with E-state index in [1.165, 1.54) is 0 Å². The van der Waals surface area contributed by atoms with Gasteiger partial charge >= 0.3 is 6.03 Å². The van der Waals surface area contributed by atoms with Crippen molar-refractivity contribution in [3.05, 3.63) is 78.4 Å². The van der Waals surface area contributed by atoms with Gasteiger partial charge in [-0.05, 0) is 28.8 Å². The Labute approximate surface area is 176 Å². The molecule has 0 saturated carbocycles. The van der Waals surface area contributed by atoms with E-state index in [0.29, 0.717) is 36.9 Å². The number of hydrogen-bond donors (Lipinski definition) is 1. The SMILES string of the molecule is CN(Cc1ccccc1-c1ccccc1)C(=O)NCCOc1ccc2c(c1)OCO2. The predicted octanol–water partition coefficient (Wildman–Crippen LogP) is 4.30. The topological polar surface area (TPSA) is 60.0 Å². The van der Waals surface area contributed by atoms with Crippen LogP contribution in [0.2, 0.25) is 0 Å². The molecule has 0 fully saturated rings. The van der Waals surface area contributed by atoms with E-state index in [9.17, 15) is 4.79 Å². The largest absolute Gasteiger partial charge is 0.492 e. The van der Waals surface area contributed by atoms with Crippen LogP contribution in [0.15, 0.2) is 72.8 Å². The molecule has 0 spiro atoms. The number of carbonyl (C=O) groups is 1. The van der Waals surface area contributed by atoms with Crippen molar-refractivity contribution in [2.24, 2.45) is 0 Å². The van der Waals surface area contributed by atoms with Crippen molar-refractivity contribution >= 4 is 6.03 Å². The maximum atomic E-state index is 12.5. The van der Waals surface area contributed by atoms with Gasteiger partial charge in [-0.25, -0.2) is 4.79 Å². The highest BCUT2D eigenvalue weighted by Crippen LogP contribution is 2.35. The molecule has 3 aromatic carbocycles. The van der Waals surface area contributed by atoms with Gasteiger partial charge in [-0.15, -0.1) is 0 Å². The van der Waals surface area contributed by atoms with Crippen molar-refractivity contribution in [1.29, 1.82) is 0 Å². The summed E-state index contributed by atoms with van der Waals surface area (Å²) in [5.74, 6) is 2.07. The predicted molar refractivity (Wildman–Crippen MR) is 115 cm³/mol. The van der Waals surface area contributed by atoms with Crippen LogP contribution in [-0.4, -0.2) is 37.9 Å². The van der Waals surface area contributed by atoms with Gasteiger partial charge in [0.15, 0.2) is 11.5 Å². The summed E-state index contributed by atoms with van der Waals surface area (Å²) in [6.45, 7) is 1.51. The minimum Gasteiger partial charge on any atom is -0.492 e. The first-order valence-electron chi connectivity index (χ1n) is 9.85. The Bertz CT molecular complexity index is 1010. The molecule has 6 heteroatoms. The zero-order chi connectivity index (χ0) is 20.8. The fraction of sp³-hybridized carbons (Fsp3) is 0.208. The average molecular weight is 404 g/mol. The van der Waals surface area contributed by atoms with E-state index in [1.807, 2.05) is 42.5 Å². The lowest BCUT2D eigenvalue weighted by Gasteiger charge is -2.20. The number of nitrogens with zero attached hydrogens (tertiary/aromatic N) is 1. The zero-order valence-electron chi connectivity index (χ0n) is 16.8. The van der Waals surface area contributed by atoms with Crippen molar-refractivity contribution in [1.82, 2.24) is 10.2 Å². The number of carbonyl (C=O) groups excluding carboxylic acids is 1. The molecule has 0 saturated heterocycles. The highest BCUT2D eigenvalue weighted by molar-refractivity contribution is 5.74. The molecule has 1 aliphatic heterocycles. The van der Waals surface area contributed by atoms with Crippen LogP contribution in [0, 0.1) is 0 Å². The lowest BCUT2D eigenvalue weighted by molar-refractivity contribution is 0.173. The van der Waals surface area contributed by atoms with E-state index in [0.717, 1.165) is 16.7 Å². The molecule has 6 nitrogen and oxygen atoms in total. The molecular weight excluding hydrogens is 380 g/mol. The molecule has 0 atom stereocenters. The monoisotopic (exact) mass is 404 g/mol. The van der Waals surface area contributed by atoms with E-state index in [2.05, 4.69) is 29.6 Å². The number of hydrogen-bond acceptors (Lipinski definition) is 4. The number of urea groups is 1. The highest BCUT2D eigenvalue weighted by atomic mass is 16.7. The second-order valence-corrected chi connectivity index (χ2v) is 6.97. The first kappa shape index (κ1) is 19.6. The molecule has 0 unspecified atom stereocenters. The van der Waals surface area contributed by atoms with Crippen molar-refractivity contribution in [2.45, 2.75) is 6.54 Å². The van der Waals surface area contributed by atoms with Crippen LogP contribution < -0.4 is 19.5 Å². The summed E-state index contributed by atoms with van der Waals surface area (Å²) in [5, 5.41) is 2.89. The van der Waals surface area contributed by atoms with Gasteiger partial charge in [0.1, 0.15) is 12.4 Å². The molecular formula is C24H24N2O4. The van der Waals surface area contributed by atoms with Gasteiger partial charge in [-0.1, -0.05) is 54.6 Å². The smallest absolute Gasteiger partial charge is 0.317 e. The molecule has 30 heavy (non-hydrogen) atoms. The first-order valence-corrected chi connectivity index (χ1v) is 9.85. The maximum absolute atomic E-state index is 12.5. The highest BCUT2D eigenvalue weighted by Gasteiger charge is 2.14. The molecule has 0 radical (unpaired) electrons. The second-order valence-electron chi connectivity index (χ2n) is 6.97. The molecule has 2 amide bonds. The van der Waals surface area contributed by atoms with Crippen LogP contribution in [-0.2, 0) is 6.54 Å². The fourth-order valence-electron chi connectivity index (χ4n) is 3.31. The molecule has 0 bridgehead atoms. The van der Waals surface area contributed by atoms with Crippen molar-refractivity contribution < 1.29 is 19.0 Å². The van der Waals surface area contributed by atoms with Crippen molar-refractivity contribution in [2.75, 3.05) is 27.0 Å². The quantitative estimate of drug-likeness (QED) is 0.597. The third-order valence-corrected chi connectivity index (χ3v) is 4.85. The maximum Gasteiger partial charge on any atom is 0.317 e. The van der Waals surface area contributed by atoms with Crippen molar-refractivity contribution in [3.8, 4) is 28.4 Å². The number of rotatable bonds is 7. The Hall–Kier alpha value is -3.67. The van der Waals surface area contributed by atoms with Crippen LogP contribution in [0.5, 0.6) is 17.2 Å². The van der Waals surface area contributed by atoms with E-state index in [-0.39, 0.29) is 12.8 Å². The van der Waals surface area contributed by atoms with Gasteiger partial charge in [0.05, 0.1) is 6.54 Å². The molecule has 1 heterocycles. The third-order valence-electron chi connectivity index (χ3n) is 4.85. The van der Waals surface area contributed by atoms with Crippen LogP contribution in [0.4, 0.5) is 4.79 Å². The summed E-state index contributed by atoms with van der Waals surface area (Å²) in [4.78, 5) is 14.2. The van der Waals surface area contributed by atoms with Gasteiger partial charge in [-0.2, -0.15) is 0 Å². The number of nitrogens with one attached hydrogen (secondary N) is 1. The Kier molecular flexibility index (Phi) is 6.03. The van der Waals surface area contributed by atoms with E-state index < -0.39 is 0 Å². The average Bonchev–Trinajstić information content (AvgIpc) is 3.25. The molecule has 3 aromatic rings. The van der Waals surface area contributed by atoms with Crippen LogP contribution in [0.1, 0.15) is 5.56 Å². The van der Waals surface area contributed by atoms with Gasteiger partial charge < -0.3 is 24.4 Å². The number of benzene rings is 3. The normalized spacial score (nSPS) is 11.8. The first-order chi connectivity index (χ1) is 14.7. The molecule has 4 rings (SSSR count). The summed E-state index contributed by atoms with van der Waals surface area (Å²) >= 11 is 0. The minimum absolute atomic E-state index is 0.146. The molecule has 0 aromatic heterocycles. The Morgan fingerprint density at radius 3 is 2.63 bits per heavy atom. The Morgan fingerprint density at radius 2 is 1.77 bits per heavy atom. The van der Waals surface area contributed by atoms with Gasteiger partial charge in [0.25, 0.3) is 0 Å². The van der Waals surface area contributed by atoms with Gasteiger partial charge in [0.2, 0.25) is 6.79 Å². The fourth-order valence-corrected chi connectivity index (χ4v) is 3.31. The summed E-state index contributed by atoms with van der Waals surface area (Å²) in [6, 6.07) is 23.6. The zero-order valence-corrected chi connectivity index (χ0v) is 16.8. The molecule has 0 aliphatic carbocycles. The summed E-state index contributed by atoms with van der Waals surface area (Å²) in [7, 11) is 1.79. The summed E-state index contributed by atoms with van der Waals surface area (Å²) < 4.78 is 16.3. The Morgan fingerprint density at radius 1 is 1.00 bits per heavy atom. The number of amides is 2. The molecule has 1 N–H and O–H groups in total. The number of ether oxygens (including phenoxy) is 3. The van der Waals surface area contributed by atoms with Gasteiger partial charge in [-0.3, -0.25) is 0 Å². The van der Waals surface area contributed by atoms with Crippen LogP contribution in [0.25, 0.3) is 11.1 Å². The van der Waals surface area contributed by atoms with Gasteiger partial charge in [0, 0.05) is 19.7 Å². The third kappa shape index (κ3) is 4.66. The van der Waals surface area contributed by atoms with E-state index in [1.54, 1.807) is 18.0 Å². The Balaban J connectivity index is 1.28. The van der Waals surface area contributed by atoms with Crippen LogP contribution in [0.3, 0.4) is 0 Å². The van der Waals surface area contributed by atoms with Crippen molar-refractivity contribution in [3.63, 3.8) is 0 Å². The minimum atomic E-state index is -0.146. The summed E-state index contributed by atoms with van der Waals surface area (Å²) in [6.07, 6.45) is 0. The molecule has 154 valence electrons. The van der Waals surface area contributed by atoms with E-state index in [4.69, 9.17) is 14.2 Å². The standard InChI is InChI=1S/C24H24N2O4/c1-26(16-19-9-5-6-10-21(19)18-7-3-2-4-8-18)24(27)25-13-14-28-20-11-12-22-23(15-20)30-17-29-22/h2-12,15H,13-14,16-17H2,1H3,(H,25,27).